The number of methoxy groups -OCH3 is 1. The van der Waals surface area contributed by atoms with Gasteiger partial charge in [0.2, 0.25) is 0 Å². The molecule has 2 aliphatic rings. The number of fused-ring (bicyclic) bond motifs is 1. The first-order valence-electron chi connectivity index (χ1n) is 13.9. The van der Waals surface area contributed by atoms with Crippen molar-refractivity contribution >= 4 is 5.69 Å². The summed E-state index contributed by atoms with van der Waals surface area (Å²) in [6, 6.07) is 23.2. The van der Waals surface area contributed by atoms with Crippen LogP contribution in [-0.4, -0.2) is 46.1 Å². The quantitative estimate of drug-likeness (QED) is 0.301. The third kappa shape index (κ3) is 7.07. The topological polar surface area (TPSA) is 61.0 Å². The van der Waals surface area contributed by atoms with Crippen molar-refractivity contribution in [1.29, 1.82) is 0 Å². The summed E-state index contributed by atoms with van der Waals surface area (Å²) >= 11 is 0. The molecule has 202 valence electrons. The molecule has 38 heavy (non-hydrogen) atoms. The predicted octanol–water partition coefficient (Wildman–Crippen LogP) is 5.70. The number of anilines is 1. The zero-order valence-electron chi connectivity index (χ0n) is 22.4. The van der Waals surface area contributed by atoms with E-state index in [4.69, 9.17) is 18.9 Å². The lowest BCUT2D eigenvalue weighted by Crippen LogP contribution is -2.40. The van der Waals surface area contributed by atoms with Gasteiger partial charge in [0, 0.05) is 36.7 Å². The van der Waals surface area contributed by atoms with Gasteiger partial charge in [0.1, 0.15) is 11.5 Å². The predicted molar refractivity (Wildman–Crippen MR) is 151 cm³/mol. The van der Waals surface area contributed by atoms with E-state index in [1.165, 1.54) is 28.8 Å². The maximum Gasteiger partial charge on any atom is 0.124 e. The van der Waals surface area contributed by atoms with Crippen molar-refractivity contribution in [2.75, 3.05) is 45.3 Å². The molecule has 2 atom stereocenters. The van der Waals surface area contributed by atoms with Crippen LogP contribution in [0.2, 0.25) is 0 Å². The molecule has 1 fully saturated rings. The number of aryl methyl sites for hydroxylation is 1. The van der Waals surface area contributed by atoms with Crippen molar-refractivity contribution in [2.45, 2.75) is 50.9 Å². The first kappa shape index (κ1) is 26.5. The van der Waals surface area contributed by atoms with Gasteiger partial charge in [-0.15, -0.1) is 0 Å². The van der Waals surface area contributed by atoms with Crippen LogP contribution in [0.3, 0.4) is 0 Å². The molecule has 0 amide bonds. The molecule has 5 rings (SSSR count). The fourth-order valence-electron chi connectivity index (χ4n) is 5.35. The Balaban J connectivity index is 1.06. The lowest BCUT2D eigenvalue weighted by molar-refractivity contribution is 0.0106. The maximum atomic E-state index is 6.46. The molecule has 2 heterocycles. The molecular formula is C32H40N2O4. The third-order valence-electron chi connectivity index (χ3n) is 7.46. The number of hydrogen-bond acceptors (Lipinski definition) is 6. The molecule has 1 saturated heterocycles. The van der Waals surface area contributed by atoms with Gasteiger partial charge in [-0.25, -0.2) is 0 Å². The monoisotopic (exact) mass is 516 g/mol. The average molecular weight is 517 g/mol. The van der Waals surface area contributed by atoms with E-state index < -0.39 is 0 Å². The highest BCUT2D eigenvalue weighted by Crippen LogP contribution is 2.30. The van der Waals surface area contributed by atoms with Gasteiger partial charge in [-0.1, -0.05) is 42.5 Å². The van der Waals surface area contributed by atoms with Gasteiger partial charge in [-0.3, -0.25) is 0 Å². The summed E-state index contributed by atoms with van der Waals surface area (Å²) in [6.45, 7) is 5.40. The Kier molecular flexibility index (Phi) is 9.54. The van der Waals surface area contributed by atoms with Gasteiger partial charge in [-0.2, -0.15) is 0 Å². The molecule has 2 aliphatic heterocycles. The van der Waals surface area contributed by atoms with Crippen LogP contribution in [0.15, 0.2) is 66.7 Å². The molecule has 0 aromatic heterocycles. The third-order valence-corrected chi connectivity index (χ3v) is 7.46. The van der Waals surface area contributed by atoms with Crippen molar-refractivity contribution in [3.8, 4) is 11.5 Å². The van der Waals surface area contributed by atoms with Crippen molar-refractivity contribution in [3.05, 3.63) is 89.0 Å². The zero-order valence-corrected chi connectivity index (χ0v) is 22.4. The number of para-hydroxylation sites is 1. The Morgan fingerprint density at radius 2 is 1.82 bits per heavy atom. The number of benzene rings is 3. The average Bonchev–Trinajstić information content (AvgIpc) is 2.98. The number of piperidine rings is 1. The summed E-state index contributed by atoms with van der Waals surface area (Å²) in [5.41, 5.74) is 6.30. The van der Waals surface area contributed by atoms with E-state index in [1.54, 1.807) is 7.11 Å². The van der Waals surface area contributed by atoms with Gasteiger partial charge in [0.25, 0.3) is 0 Å². The summed E-state index contributed by atoms with van der Waals surface area (Å²) < 4.78 is 23.6. The van der Waals surface area contributed by atoms with Crippen molar-refractivity contribution in [1.82, 2.24) is 5.32 Å². The molecule has 2 N–H and O–H groups in total. The molecule has 6 heteroatoms. The van der Waals surface area contributed by atoms with Gasteiger partial charge >= 0.3 is 0 Å². The van der Waals surface area contributed by atoms with Crippen LogP contribution in [0, 0.1) is 0 Å². The first-order chi connectivity index (χ1) is 18.8. The Bertz CT molecular complexity index is 1150. The first-order valence-corrected chi connectivity index (χ1v) is 13.9. The van der Waals surface area contributed by atoms with E-state index >= 15 is 0 Å². The van der Waals surface area contributed by atoms with Gasteiger partial charge in [0.05, 0.1) is 39.6 Å². The van der Waals surface area contributed by atoms with E-state index in [-0.39, 0.29) is 6.10 Å². The summed E-state index contributed by atoms with van der Waals surface area (Å²) in [4.78, 5) is 0. The lowest BCUT2D eigenvalue weighted by Gasteiger charge is -2.32. The number of nitrogens with one attached hydrogen (secondary N) is 2. The summed E-state index contributed by atoms with van der Waals surface area (Å²) in [5.74, 6) is 2.14. The van der Waals surface area contributed by atoms with Crippen LogP contribution >= 0.6 is 0 Å². The molecule has 3 aromatic rings. The van der Waals surface area contributed by atoms with Gasteiger partial charge in [-0.05, 0) is 66.8 Å². The smallest absolute Gasteiger partial charge is 0.124 e. The Morgan fingerprint density at radius 1 is 0.921 bits per heavy atom. The fourth-order valence-corrected chi connectivity index (χ4v) is 5.35. The molecule has 0 radical (unpaired) electrons. The number of rotatable bonds is 12. The highest BCUT2D eigenvalue weighted by Gasteiger charge is 2.27. The van der Waals surface area contributed by atoms with Crippen LogP contribution in [0.4, 0.5) is 5.69 Å². The van der Waals surface area contributed by atoms with E-state index in [0.29, 0.717) is 32.3 Å². The molecular weight excluding hydrogens is 476 g/mol. The minimum Gasteiger partial charge on any atom is -0.496 e. The SMILES string of the molecule is COc1ccccc1COCCCOc1ccc([C@@H]2CCNC[C@@H]2OCc2ccc3c(c2)NCCC3)cc1. The fraction of sp³-hybridized carbons (Fsp3) is 0.438. The molecule has 3 aromatic carbocycles. The number of hydrogen-bond donors (Lipinski definition) is 2. The highest BCUT2D eigenvalue weighted by molar-refractivity contribution is 5.54. The van der Waals surface area contributed by atoms with Crippen LogP contribution in [0.25, 0.3) is 0 Å². The molecule has 0 saturated carbocycles. The molecule has 0 aliphatic carbocycles. The van der Waals surface area contributed by atoms with Crippen molar-refractivity contribution in [2.24, 2.45) is 0 Å². The largest absolute Gasteiger partial charge is 0.496 e. The summed E-state index contributed by atoms with van der Waals surface area (Å²) in [6.07, 6.45) is 4.43. The van der Waals surface area contributed by atoms with Gasteiger partial charge < -0.3 is 29.6 Å². The Labute approximate surface area is 226 Å². The standard InChI is InChI=1S/C32H40N2O4/c1-35-31-8-3-2-6-27(31)23-36-18-5-19-37-28-13-11-25(12-14-28)29-15-17-33-21-32(29)38-22-24-9-10-26-7-4-16-34-30(26)20-24/h2-3,6,8-14,20,29,32-34H,4-5,7,15-19,21-23H2,1H3/t29-,32-/m0/s1. The molecule has 6 nitrogen and oxygen atoms in total. The van der Waals surface area contributed by atoms with Crippen molar-refractivity contribution in [3.63, 3.8) is 0 Å². The Hall–Kier alpha value is -3.06. The highest BCUT2D eigenvalue weighted by atomic mass is 16.5. The zero-order chi connectivity index (χ0) is 26.0. The second-order valence-corrected chi connectivity index (χ2v) is 10.1. The summed E-state index contributed by atoms with van der Waals surface area (Å²) in [5, 5.41) is 7.04. The van der Waals surface area contributed by atoms with Crippen LogP contribution in [-0.2, 0) is 29.1 Å². The molecule has 0 spiro atoms. The van der Waals surface area contributed by atoms with E-state index in [1.807, 2.05) is 24.3 Å². The lowest BCUT2D eigenvalue weighted by atomic mass is 9.87. The van der Waals surface area contributed by atoms with E-state index in [0.717, 1.165) is 56.0 Å². The molecule has 0 unspecified atom stereocenters. The second-order valence-electron chi connectivity index (χ2n) is 10.1. The van der Waals surface area contributed by atoms with Crippen LogP contribution < -0.4 is 20.1 Å². The van der Waals surface area contributed by atoms with E-state index in [9.17, 15) is 0 Å². The maximum absolute atomic E-state index is 6.46. The minimum absolute atomic E-state index is 0.153. The Morgan fingerprint density at radius 3 is 2.71 bits per heavy atom. The normalized spacial score (nSPS) is 18.9. The van der Waals surface area contributed by atoms with Gasteiger partial charge in [0.15, 0.2) is 0 Å². The van der Waals surface area contributed by atoms with Crippen LogP contribution in [0.5, 0.6) is 11.5 Å². The van der Waals surface area contributed by atoms with Crippen LogP contribution in [0.1, 0.15) is 47.4 Å². The summed E-state index contributed by atoms with van der Waals surface area (Å²) in [7, 11) is 1.68. The van der Waals surface area contributed by atoms with E-state index in [2.05, 4.69) is 53.1 Å². The number of ether oxygens (including phenoxy) is 4. The molecule has 0 bridgehead atoms. The minimum atomic E-state index is 0.153. The second kappa shape index (κ2) is 13.7. The van der Waals surface area contributed by atoms with Crippen molar-refractivity contribution < 1.29 is 18.9 Å².